The number of amides is 1. The van der Waals surface area contributed by atoms with Crippen molar-refractivity contribution in [2.75, 3.05) is 13.3 Å². The molecule has 1 heterocycles. The first-order valence-electron chi connectivity index (χ1n) is 8.92. The van der Waals surface area contributed by atoms with Crippen LogP contribution in [0.1, 0.15) is 25.3 Å². The molecule has 142 valence electrons. The fourth-order valence-electron chi connectivity index (χ4n) is 3.27. The van der Waals surface area contributed by atoms with E-state index in [4.69, 9.17) is 5.73 Å². The highest BCUT2D eigenvalue weighted by Gasteiger charge is 2.34. The van der Waals surface area contributed by atoms with Gasteiger partial charge >= 0.3 is 0 Å². The van der Waals surface area contributed by atoms with Crippen LogP contribution in [-0.4, -0.2) is 39.8 Å². The summed E-state index contributed by atoms with van der Waals surface area (Å²) in [6.45, 7) is 1.98. The Bertz CT molecular complexity index is 908. The molecule has 2 unspecified atom stereocenters. The van der Waals surface area contributed by atoms with Crippen LogP contribution in [-0.2, 0) is 22.0 Å². The SMILES string of the molecule is CN1C(=O)CC(C)(CCc2cccc(-c3ccc(S(C)=O)cc3)c2)N=C1N. The van der Waals surface area contributed by atoms with E-state index in [1.54, 1.807) is 13.3 Å². The number of rotatable bonds is 5. The van der Waals surface area contributed by atoms with E-state index in [9.17, 15) is 9.00 Å². The number of carbonyl (C=O) groups is 1. The minimum atomic E-state index is -0.971. The molecular weight excluding hydrogens is 358 g/mol. The Morgan fingerprint density at radius 2 is 1.89 bits per heavy atom. The van der Waals surface area contributed by atoms with Gasteiger partial charge < -0.3 is 5.73 Å². The summed E-state index contributed by atoms with van der Waals surface area (Å²) in [6.07, 6.45) is 3.62. The summed E-state index contributed by atoms with van der Waals surface area (Å²) in [7, 11) is 0.685. The van der Waals surface area contributed by atoms with E-state index >= 15 is 0 Å². The number of nitrogens with two attached hydrogens (primary N) is 1. The Morgan fingerprint density at radius 3 is 2.52 bits per heavy atom. The van der Waals surface area contributed by atoms with Crippen LogP contribution < -0.4 is 5.73 Å². The molecule has 0 spiro atoms. The third kappa shape index (κ3) is 4.45. The van der Waals surface area contributed by atoms with Crippen LogP contribution in [0.25, 0.3) is 11.1 Å². The first-order chi connectivity index (χ1) is 12.8. The molecule has 1 amide bonds. The number of carbonyl (C=O) groups excluding carboxylic acids is 1. The molecule has 1 aliphatic rings. The monoisotopic (exact) mass is 383 g/mol. The Labute approximate surface area is 162 Å². The Balaban J connectivity index is 1.75. The summed E-state index contributed by atoms with van der Waals surface area (Å²) in [5.74, 6) is 0.294. The molecule has 6 heteroatoms. The highest BCUT2D eigenvalue weighted by Crippen LogP contribution is 2.28. The number of benzene rings is 2. The van der Waals surface area contributed by atoms with Crippen LogP contribution >= 0.6 is 0 Å². The largest absolute Gasteiger partial charge is 0.369 e. The highest BCUT2D eigenvalue weighted by molar-refractivity contribution is 7.84. The van der Waals surface area contributed by atoms with E-state index in [-0.39, 0.29) is 11.9 Å². The standard InChI is InChI=1S/C21H25N3O2S/c1-21(14-19(25)24(2)20(22)23-21)12-11-15-5-4-6-17(13-15)16-7-9-18(10-8-16)27(3)26/h4-10,13H,11-12,14H2,1-3H3,(H2,22,23). The van der Waals surface area contributed by atoms with Crippen LogP contribution in [0.3, 0.4) is 0 Å². The van der Waals surface area contributed by atoms with Crippen molar-refractivity contribution in [3.8, 4) is 11.1 Å². The zero-order valence-corrected chi connectivity index (χ0v) is 16.8. The number of guanidine groups is 1. The number of aliphatic imine (C=N–C) groups is 1. The average Bonchev–Trinajstić information content (AvgIpc) is 2.65. The Kier molecular flexibility index (Phi) is 5.46. The molecule has 3 rings (SSSR count). The molecule has 5 nitrogen and oxygen atoms in total. The fourth-order valence-corrected chi connectivity index (χ4v) is 3.79. The summed E-state index contributed by atoms with van der Waals surface area (Å²) < 4.78 is 11.5. The third-order valence-electron chi connectivity index (χ3n) is 5.03. The van der Waals surface area contributed by atoms with E-state index in [1.165, 1.54) is 10.5 Å². The van der Waals surface area contributed by atoms with Crippen molar-refractivity contribution in [3.63, 3.8) is 0 Å². The van der Waals surface area contributed by atoms with Crippen molar-refractivity contribution in [2.45, 2.75) is 36.6 Å². The molecule has 0 radical (unpaired) electrons. The minimum absolute atomic E-state index is 0.00662. The predicted molar refractivity (Wildman–Crippen MR) is 110 cm³/mol. The predicted octanol–water partition coefficient (Wildman–Crippen LogP) is 2.96. The van der Waals surface area contributed by atoms with Gasteiger partial charge in [-0.1, -0.05) is 36.4 Å². The van der Waals surface area contributed by atoms with E-state index in [0.717, 1.165) is 28.9 Å². The lowest BCUT2D eigenvalue weighted by Crippen LogP contribution is -2.48. The molecule has 0 saturated heterocycles. The smallest absolute Gasteiger partial charge is 0.231 e. The number of hydrogen-bond acceptors (Lipinski definition) is 4. The molecule has 2 atom stereocenters. The minimum Gasteiger partial charge on any atom is -0.369 e. The lowest BCUT2D eigenvalue weighted by molar-refractivity contribution is -0.128. The molecule has 2 aromatic carbocycles. The van der Waals surface area contributed by atoms with Gasteiger partial charge in [-0.05, 0) is 48.6 Å². The van der Waals surface area contributed by atoms with Gasteiger partial charge in [-0.25, -0.2) is 4.99 Å². The summed E-state index contributed by atoms with van der Waals surface area (Å²) in [4.78, 5) is 18.9. The van der Waals surface area contributed by atoms with Crippen LogP contribution in [0.2, 0.25) is 0 Å². The molecule has 0 bridgehead atoms. The van der Waals surface area contributed by atoms with Gasteiger partial charge in [-0.15, -0.1) is 0 Å². The van der Waals surface area contributed by atoms with Crippen LogP contribution in [0.15, 0.2) is 58.4 Å². The molecule has 0 aliphatic carbocycles. The maximum atomic E-state index is 12.1. The van der Waals surface area contributed by atoms with Gasteiger partial charge in [0.15, 0.2) is 5.96 Å². The van der Waals surface area contributed by atoms with E-state index in [0.29, 0.717) is 6.42 Å². The van der Waals surface area contributed by atoms with Gasteiger partial charge in [-0.2, -0.15) is 0 Å². The maximum Gasteiger partial charge on any atom is 0.231 e. The second kappa shape index (κ2) is 7.64. The van der Waals surface area contributed by atoms with Gasteiger partial charge in [0.05, 0.1) is 12.0 Å². The molecule has 0 fully saturated rings. The van der Waals surface area contributed by atoms with Crippen molar-refractivity contribution in [1.82, 2.24) is 4.90 Å². The summed E-state index contributed by atoms with van der Waals surface area (Å²) in [5, 5.41) is 0. The topological polar surface area (TPSA) is 75.8 Å². The van der Waals surface area contributed by atoms with Gasteiger partial charge in [0.1, 0.15) is 0 Å². The number of aryl methyl sites for hydroxylation is 1. The van der Waals surface area contributed by atoms with Gasteiger partial charge in [0.25, 0.3) is 0 Å². The number of nitrogens with zero attached hydrogens (tertiary/aromatic N) is 2. The molecule has 2 aromatic rings. The van der Waals surface area contributed by atoms with E-state index in [2.05, 4.69) is 23.2 Å². The van der Waals surface area contributed by atoms with E-state index < -0.39 is 16.3 Å². The first kappa shape index (κ1) is 19.3. The van der Waals surface area contributed by atoms with Crippen LogP contribution in [0.4, 0.5) is 0 Å². The summed E-state index contributed by atoms with van der Waals surface area (Å²) in [6, 6.07) is 16.2. The van der Waals surface area contributed by atoms with Crippen LogP contribution in [0, 0.1) is 0 Å². The number of hydrogen-bond donors (Lipinski definition) is 1. The lowest BCUT2D eigenvalue weighted by Gasteiger charge is -2.33. The van der Waals surface area contributed by atoms with Crippen molar-refractivity contribution < 1.29 is 9.00 Å². The second-order valence-electron chi connectivity index (χ2n) is 7.28. The van der Waals surface area contributed by atoms with E-state index in [1.807, 2.05) is 37.3 Å². The molecule has 0 saturated carbocycles. The zero-order valence-electron chi connectivity index (χ0n) is 15.9. The Hall–Kier alpha value is -2.47. The van der Waals surface area contributed by atoms with Gasteiger partial charge in [0.2, 0.25) is 5.91 Å². The summed E-state index contributed by atoms with van der Waals surface area (Å²) >= 11 is 0. The summed E-state index contributed by atoms with van der Waals surface area (Å²) in [5.41, 5.74) is 8.82. The highest BCUT2D eigenvalue weighted by atomic mass is 32.2. The lowest BCUT2D eigenvalue weighted by atomic mass is 9.88. The quantitative estimate of drug-likeness (QED) is 0.862. The van der Waals surface area contributed by atoms with Gasteiger partial charge in [0, 0.05) is 29.0 Å². The fraction of sp³-hybridized carbons (Fsp3) is 0.333. The van der Waals surface area contributed by atoms with Crippen molar-refractivity contribution in [3.05, 3.63) is 54.1 Å². The molecule has 0 aromatic heterocycles. The van der Waals surface area contributed by atoms with Crippen LogP contribution in [0.5, 0.6) is 0 Å². The third-order valence-corrected chi connectivity index (χ3v) is 5.97. The Morgan fingerprint density at radius 1 is 1.19 bits per heavy atom. The molecule has 27 heavy (non-hydrogen) atoms. The first-order valence-corrected chi connectivity index (χ1v) is 10.5. The maximum absolute atomic E-state index is 12.1. The van der Waals surface area contributed by atoms with Gasteiger partial charge in [-0.3, -0.25) is 13.9 Å². The molecule has 1 aliphatic heterocycles. The van der Waals surface area contributed by atoms with Crippen molar-refractivity contribution in [2.24, 2.45) is 10.7 Å². The van der Waals surface area contributed by atoms with Crippen molar-refractivity contribution >= 4 is 22.7 Å². The van der Waals surface area contributed by atoms with Crippen molar-refractivity contribution in [1.29, 1.82) is 0 Å². The second-order valence-corrected chi connectivity index (χ2v) is 8.66. The average molecular weight is 384 g/mol. The molecular formula is C21H25N3O2S. The normalized spacial score (nSPS) is 21.1. The zero-order chi connectivity index (χ0) is 19.6. The molecule has 2 N–H and O–H groups in total.